The van der Waals surface area contributed by atoms with Gasteiger partial charge in [-0.2, -0.15) is 10.2 Å². The van der Waals surface area contributed by atoms with Crippen LogP contribution in [0.2, 0.25) is 0 Å². The van der Waals surface area contributed by atoms with Crippen LogP contribution in [0.4, 0.5) is 19.3 Å². The highest BCUT2D eigenvalue weighted by Gasteiger charge is 2.43. The Morgan fingerprint density at radius 2 is 1.85 bits per heavy atom. The summed E-state index contributed by atoms with van der Waals surface area (Å²) in [6.07, 6.45) is -0.650. The summed E-state index contributed by atoms with van der Waals surface area (Å²) in [5.41, 5.74) is 0.792. The number of hydrogen-bond acceptors (Lipinski definition) is 9. The molecular formula is C34H46F2N6O6. The number of anilines is 1. The SMILES string of the molecule is COCC1CN(C[C@H]2CN(C(=O)OC(C)(C)C)[C@H](C)CN2CC(=O)N2CC(C)(C)c3nnc(Cc4ccc(F)cc4F)cc32)C(=O)CO1. The second-order valence-electron chi connectivity index (χ2n) is 14.6. The highest BCUT2D eigenvalue weighted by Crippen LogP contribution is 2.39. The van der Waals surface area contributed by atoms with Crippen molar-refractivity contribution in [3.8, 4) is 0 Å². The first-order valence-corrected chi connectivity index (χ1v) is 16.3. The van der Waals surface area contributed by atoms with E-state index in [-0.39, 0.29) is 68.2 Å². The fourth-order valence-electron chi connectivity index (χ4n) is 6.54. The fraction of sp³-hybridized carbons (Fsp3) is 0.618. The normalized spacial score (nSPS) is 23.0. The van der Waals surface area contributed by atoms with Crippen LogP contribution >= 0.6 is 0 Å². The van der Waals surface area contributed by atoms with Crippen LogP contribution in [0, 0.1) is 11.6 Å². The summed E-state index contributed by atoms with van der Waals surface area (Å²) in [7, 11) is 1.58. The number of fused-ring (bicyclic) bond motifs is 1. The molecule has 3 aliphatic rings. The number of methoxy groups -OCH3 is 1. The minimum absolute atomic E-state index is 0.0248. The first-order chi connectivity index (χ1) is 22.5. The average molecular weight is 673 g/mol. The minimum Gasteiger partial charge on any atom is -0.444 e. The average Bonchev–Trinajstić information content (AvgIpc) is 3.26. The van der Waals surface area contributed by atoms with E-state index in [1.165, 1.54) is 12.1 Å². The number of benzene rings is 1. The number of morpholine rings is 1. The number of rotatable bonds is 8. The standard InChI is InChI=1S/C34H46F2N6O6/c1-21-13-39(25(15-41(21)32(45)48-33(2,3)4)14-40-16-26(18-46-7)47-19-30(40)44)17-29(43)42-20-34(5,6)31-28(42)12-24(37-38-31)10-22-8-9-23(35)11-27(22)36/h8-9,11-12,21,25-26H,10,13-20H2,1-7H3/t21-,25+,26?/m1/s1. The molecule has 1 aromatic heterocycles. The lowest BCUT2D eigenvalue weighted by atomic mass is 9.91. The molecule has 1 aromatic carbocycles. The van der Waals surface area contributed by atoms with Crippen molar-refractivity contribution in [1.82, 2.24) is 24.9 Å². The van der Waals surface area contributed by atoms with Gasteiger partial charge in [0.2, 0.25) is 11.8 Å². The van der Waals surface area contributed by atoms with E-state index in [1.54, 1.807) is 27.9 Å². The van der Waals surface area contributed by atoms with Crippen molar-refractivity contribution in [3.05, 3.63) is 52.9 Å². The predicted octanol–water partition coefficient (Wildman–Crippen LogP) is 3.15. The molecule has 3 amide bonds. The molecule has 0 radical (unpaired) electrons. The molecule has 2 aromatic rings. The molecule has 0 aliphatic carbocycles. The van der Waals surface area contributed by atoms with Crippen molar-refractivity contribution in [3.63, 3.8) is 0 Å². The van der Waals surface area contributed by atoms with Crippen LogP contribution in [0.5, 0.6) is 0 Å². The fourth-order valence-corrected chi connectivity index (χ4v) is 6.54. The topological polar surface area (TPSA) is 118 Å². The van der Waals surface area contributed by atoms with Crippen molar-refractivity contribution in [2.75, 3.05) is 64.5 Å². The molecule has 3 aliphatic heterocycles. The molecule has 262 valence electrons. The van der Waals surface area contributed by atoms with Gasteiger partial charge in [-0.1, -0.05) is 19.9 Å². The Balaban J connectivity index is 1.38. The number of piperazine rings is 1. The van der Waals surface area contributed by atoms with Crippen LogP contribution in [0.25, 0.3) is 0 Å². The Bertz CT molecular complexity index is 1530. The van der Waals surface area contributed by atoms with Crippen LogP contribution in [-0.2, 0) is 35.6 Å². The lowest BCUT2D eigenvalue weighted by Crippen LogP contribution is -2.64. The zero-order valence-corrected chi connectivity index (χ0v) is 28.8. The second kappa shape index (κ2) is 14.0. The summed E-state index contributed by atoms with van der Waals surface area (Å²) in [6.45, 7) is 13.2. The highest BCUT2D eigenvalue weighted by molar-refractivity contribution is 5.97. The third-order valence-electron chi connectivity index (χ3n) is 8.92. The van der Waals surface area contributed by atoms with E-state index in [9.17, 15) is 23.2 Å². The van der Waals surface area contributed by atoms with Crippen LogP contribution in [0.3, 0.4) is 0 Å². The summed E-state index contributed by atoms with van der Waals surface area (Å²) in [6, 6.07) is 4.51. The first kappa shape index (κ1) is 35.6. The molecule has 2 fully saturated rings. The van der Waals surface area contributed by atoms with Gasteiger partial charge in [-0.3, -0.25) is 14.5 Å². The van der Waals surface area contributed by atoms with Crippen LogP contribution in [0.1, 0.15) is 58.5 Å². The summed E-state index contributed by atoms with van der Waals surface area (Å²) < 4.78 is 44.5. The van der Waals surface area contributed by atoms with E-state index in [2.05, 4.69) is 10.2 Å². The highest BCUT2D eigenvalue weighted by atomic mass is 19.1. The first-order valence-electron chi connectivity index (χ1n) is 16.3. The quantitative estimate of drug-likeness (QED) is 0.417. The maximum atomic E-state index is 14.4. The van der Waals surface area contributed by atoms with Gasteiger partial charge in [0.15, 0.2) is 0 Å². The number of amides is 3. The van der Waals surface area contributed by atoms with E-state index < -0.39 is 28.7 Å². The smallest absolute Gasteiger partial charge is 0.410 e. The number of nitrogens with zero attached hydrogens (tertiary/aromatic N) is 6. The van der Waals surface area contributed by atoms with Gasteiger partial charge in [0, 0.05) is 69.8 Å². The van der Waals surface area contributed by atoms with Gasteiger partial charge in [0.1, 0.15) is 23.8 Å². The third-order valence-corrected chi connectivity index (χ3v) is 8.92. The van der Waals surface area contributed by atoms with E-state index in [0.29, 0.717) is 43.3 Å². The Labute approximate surface area is 280 Å². The summed E-state index contributed by atoms with van der Waals surface area (Å²) in [4.78, 5) is 47.5. The molecule has 12 nitrogen and oxygen atoms in total. The monoisotopic (exact) mass is 672 g/mol. The number of carbonyl (C=O) groups is 3. The minimum atomic E-state index is -0.687. The van der Waals surface area contributed by atoms with Gasteiger partial charge in [-0.15, -0.1) is 0 Å². The van der Waals surface area contributed by atoms with E-state index in [1.807, 2.05) is 46.4 Å². The Morgan fingerprint density at radius 3 is 2.54 bits per heavy atom. The van der Waals surface area contributed by atoms with Gasteiger partial charge >= 0.3 is 6.09 Å². The van der Waals surface area contributed by atoms with Gasteiger partial charge in [-0.25, -0.2) is 13.6 Å². The Morgan fingerprint density at radius 1 is 1.10 bits per heavy atom. The summed E-state index contributed by atoms with van der Waals surface area (Å²) in [5, 5.41) is 8.76. The van der Waals surface area contributed by atoms with Gasteiger partial charge in [0.05, 0.1) is 36.3 Å². The second-order valence-corrected chi connectivity index (χ2v) is 14.6. The molecule has 5 rings (SSSR count). The number of aromatic nitrogens is 2. The molecule has 1 unspecified atom stereocenters. The molecule has 4 heterocycles. The number of halogens is 2. The van der Waals surface area contributed by atoms with E-state index in [0.717, 1.165) is 6.07 Å². The predicted molar refractivity (Wildman–Crippen MR) is 173 cm³/mol. The molecule has 0 N–H and O–H groups in total. The number of hydrogen-bond donors (Lipinski definition) is 0. The molecule has 48 heavy (non-hydrogen) atoms. The molecule has 2 saturated heterocycles. The maximum absolute atomic E-state index is 14.4. The summed E-state index contributed by atoms with van der Waals surface area (Å²) in [5.74, 6) is -1.69. The van der Waals surface area contributed by atoms with Crippen LogP contribution < -0.4 is 4.90 Å². The van der Waals surface area contributed by atoms with Crippen molar-refractivity contribution in [1.29, 1.82) is 0 Å². The Kier molecular flexibility index (Phi) is 10.4. The lowest BCUT2D eigenvalue weighted by Gasteiger charge is -2.47. The number of carbonyl (C=O) groups excluding carboxylic acids is 3. The molecule has 3 atom stereocenters. The molecular weight excluding hydrogens is 626 g/mol. The molecule has 0 spiro atoms. The van der Waals surface area contributed by atoms with Crippen molar-refractivity contribution in [2.24, 2.45) is 0 Å². The maximum Gasteiger partial charge on any atom is 0.410 e. The zero-order chi connectivity index (χ0) is 35.0. The molecule has 0 saturated carbocycles. The Hall–Kier alpha value is -3.75. The summed E-state index contributed by atoms with van der Waals surface area (Å²) >= 11 is 0. The molecule has 0 bridgehead atoms. The van der Waals surface area contributed by atoms with Gasteiger partial charge in [0.25, 0.3) is 0 Å². The van der Waals surface area contributed by atoms with Crippen LogP contribution in [0.15, 0.2) is 24.3 Å². The van der Waals surface area contributed by atoms with Gasteiger partial charge < -0.3 is 28.9 Å². The van der Waals surface area contributed by atoms with Crippen LogP contribution in [-0.4, -0.2) is 126 Å². The number of ether oxygens (including phenoxy) is 3. The van der Waals surface area contributed by atoms with Crippen molar-refractivity contribution >= 4 is 23.6 Å². The largest absolute Gasteiger partial charge is 0.444 e. The third kappa shape index (κ3) is 8.09. The van der Waals surface area contributed by atoms with Gasteiger partial charge in [-0.05, 0) is 45.4 Å². The molecule has 14 heteroatoms. The van der Waals surface area contributed by atoms with Crippen molar-refractivity contribution < 1.29 is 37.4 Å². The van der Waals surface area contributed by atoms with E-state index in [4.69, 9.17) is 14.2 Å². The van der Waals surface area contributed by atoms with E-state index >= 15 is 0 Å². The lowest BCUT2D eigenvalue weighted by molar-refractivity contribution is -0.153. The zero-order valence-electron chi connectivity index (χ0n) is 28.8. The van der Waals surface area contributed by atoms with Crippen molar-refractivity contribution in [2.45, 2.75) is 77.2 Å².